The summed E-state index contributed by atoms with van der Waals surface area (Å²) in [7, 11) is 0. The summed E-state index contributed by atoms with van der Waals surface area (Å²) in [5, 5.41) is 8.49. The molecule has 78 valence electrons. The molecule has 0 bridgehead atoms. The van der Waals surface area contributed by atoms with Crippen LogP contribution >= 0.6 is 11.3 Å². The first kappa shape index (κ1) is 11.0. The van der Waals surface area contributed by atoms with Crippen molar-refractivity contribution >= 4 is 23.0 Å². The van der Waals surface area contributed by atoms with Crippen LogP contribution in [-0.4, -0.2) is 24.3 Å². The SMILES string of the molecule is Cc1sc(C(=O)OCCCO)cc1N. The van der Waals surface area contributed by atoms with Crippen molar-refractivity contribution < 1.29 is 14.6 Å². The summed E-state index contributed by atoms with van der Waals surface area (Å²) >= 11 is 1.32. The molecule has 0 aliphatic heterocycles. The molecule has 0 radical (unpaired) electrons. The molecule has 0 atom stereocenters. The first-order chi connectivity index (χ1) is 6.65. The molecule has 0 spiro atoms. The molecule has 1 heterocycles. The Balaban J connectivity index is 2.52. The number of aliphatic hydroxyl groups is 1. The lowest BCUT2D eigenvalue weighted by Gasteiger charge is -2.00. The molecule has 0 saturated heterocycles. The average molecular weight is 215 g/mol. The highest BCUT2D eigenvalue weighted by atomic mass is 32.1. The van der Waals surface area contributed by atoms with Crippen molar-refractivity contribution in [2.24, 2.45) is 0 Å². The van der Waals surface area contributed by atoms with Crippen molar-refractivity contribution in [3.63, 3.8) is 0 Å². The molecule has 14 heavy (non-hydrogen) atoms. The summed E-state index contributed by atoms with van der Waals surface area (Å²) in [6.45, 7) is 2.12. The van der Waals surface area contributed by atoms with Gasteiger partial charge in [-0.15, -0.1) is 11.3 Å². The van der Waals surface area contributed by atoms with Crippen LogP contribution in [0.3, 0.4) is 0 Å². The van der Waals surface area contributed by atoms with Crippen LogP contribution in [0.4, 0.5) is 5.69 Å². The van der Waals surface area contributed by atoms with Crippen molar-refractivity contribution in [3.05, 3.63) is 15.8 Å². The molecule has 0 unspecified atom stereocenters. The number of hydrogen-bond acceptors (Lipinski definition) is 5. The highest BCUT2D eigenvalue weighted by Gasteiger charge is 2.11. The lowest BCUT2D eigenvalue weighted by Crippen LogP contribution is -2.05. The molecular weight excluding hydrogens is 202 g/mol. The second-order valence-electron chi connectivity index (χ2n) is 2.84. The Hall–Kier alpha value is -1.07. The van der Waals surface area contributed by atoms with Crippen LogP contribution in [0.15, 0.2) is 6.07 Å². The summed E-state index contributed by atoms with van der Waals surface area (Å²) < 4.78 is 4.89. The summed E-state index contributed by atoms with van der Waals surface area (Å²) in [5.41, 5.74) is 6.21. The van der Waals surface area contributed by atoms with E-state index in [9.17, 15) is 4.79 Å². The van der Waals surface area contributed by atoms with Crippen molar-refractivity contribution in [3.8, 4) is 0 Å². The van der Waals surface area contributed by atoms with Gasteiger partial charge < -0.3 is 15.6 Å². The lowest BCUT2D eigenvalue weighted by atomic mass is 10.4. The Kier molecular flexibility index (Phi) is 3.91. The zero-order chi connectivity index (χ0) is 10.6. The number of aliphatic hydroxyl groups excluding tert-OH is 1. The third kappa shape index (κ3) is 2.71. The van der Waals surface area contributed by atoms with Gasteiger partial charge >= 0.3 is 5.97 Å². The normalized spacial score (nSPS) is 10.1. The third-order valence-corrected chi connectivity index (χ3v) is 2.74. The first-order valence-electron chi connectivity index (χ1n) is 4.29. The number of nitrogens with two attached hydrogens (primary N) is 1. The summed E-state index contributed by atoms with van der Waals surface area (Å²) in [6.07, 6.45) is 0.464. The summed E-state index contributed by atoms with van der Waals surface area (Å²) in [4.78, 5) is 12.8. The molecular formula is C9H13NO3S. The monoisotopic (exact) mass is 215 g/mol. The molecule has 5 heteroatoms. The van der Waals surface area contributed by atoms with Gasteiger partial charge in [0, 0.05) is 23.6 Å². The average Bonchev–Trinajstić information content (AvgIpc) is 2.47. The molecule has 0 aromatic carbocycles. The predicted molar refractivity (Wildman–Crippen MR) is 55.5 cm³/mol. The zero-order valence-corrected chi connectivity index (χ0v) is 8.76. The van der Waals surface area contributed by atoms with E-state index < -0.39 is 0 Å². The van der Waals surface area contributed by atoms with E-state index in [1.807, 2.05) is 6.92 Å². The Labute approximate surface area is 86.3 Å². The van der Waals surface area contributed by atoms with Crippen LogP contribution in [-0.2, 0) is 4.74 Å². The van der Waals surface area contributed by atoms with Crippen LogP contribution < -0.4 is 5.73 Å². The van der Waals surface area contributed by atoms with Crippen LogP contribution in [0.2, 0.25) is 0 Å². The number of ether oxygens (including phenoxy) is 1. The van der Waals surface area contributed by atoms with Gasteiger partial charge in [0.05, 0.1) is 6.61 Å². The van der Waals surface area contributed by atoms with Gasteiger partial charge in [0.1, 0.15) is 4.88 Å². The molecule has 1 rings (SSSR count). The molecule has 0 amide bonds. The minimum absolute atomic E-state index is 0.0267. The smallest absolute Gasteiger partial charge is 0.348 e. The Morgan fingerprint density at radius 3 is 2.93 bits per heavy atom. The zero-order valence-electron chi connectivity index (χ0n) is 7.95. The van der Waals surface area contributed by atoms with E-state index in [1.54, 1.807) is 6.07 Å². The third-order valence-electron chi connectivity index (χ3n) is 1.69. The van der Waals surface area contributed by atoms with E-state index in [2.05, 4.69) is 0 Å². The summed E-state index contributed by atoms with van der Waals surface area (Å²) in [5.74, 6) is -0.372. The quantitative estimate of drug-likeness (QED) is 0.584. The number of aryl methyl sites for hydroxylation is 1. The number of carbonyl (C=O) groups excluding carboxylic acids is 1. The largest absolute Gasteiger partial charge is 0.461 e. The van der Waals surface area contributed by atoms with E-state index >= 15 is 0 Å². The minimum atomic E-state index is -0.372. The van der Waals surface area contributed by atoms with Crippen LogP contribution in [0.1, 0.15) is 21.0 Å². The number of thiophene rings is 1. The number of anilines is 1. The highest BCUT2D eigenvalue weighted by molar-refractivity contribution is 7.14. The summed E-state index contributed by atoms with van der Waals surface area (Å²) in [6, 6.07) is 1.61. The molecule has 0 saturated carbocycles. The van der Waals surface area contributed by atoms with Gasteiger partial charge in [-0.25, -0.2) is 4.79 Å². The lowest BCUT2D eigenvalue weighted by molar-refractivity contribution is 0.0488. The van der Waals surface area contributed by atoms with Gasteiger partial charge in [0.25, 0.3) is 0 Å². The second kappa shape index (κ2) is 4.97. The highest BCUT2D eigenvalue weighted by Crippen LogP contribution is 2.23. The Bertz CT molecular complexity index is 302. The maximum atomic E-state index is 11.3. The molecule has 1 aromatic heterocycles. The number of carbonyl (C=O) groups is 1. The fourth-order valence-corrected chi connectivity index (χ4v) is 1.73. The standard InChI is InChI=1S/C9H13NO3S/c1-6-7(10)5-8(14-6)9(12)13-4-2-3-11/h5,11H,2-4,10H2,1H3. The van der Waals surface area contributed by atoms with Gasteiger partial charge in [0.2, 0.25) is 0 Å². The van der Waals surface area contributed by atoms with E-state index in [0.717, 1.165) is 4.88 Å². The second-order valence-corrected chi connectivity index (χ2v) is 4.09. The van der Waals surface area contributed by atoms with Crippen LogP contribution in [0, 0.1) is 6.92 Å². The Morgan fingerprint density at radius 1 is 1.71 bits per heavy atom. The predicted octanol–water partition coefficient (Wildman–Crippen LogP) is 1.18. The van der Waals surface area contributed by atoms with Crippen LogP contribution in [0.5, 0.6) is 0 Å². The fraction of sp³-hybridized carbons (Fsp3) is 0.444. The van der Waals surface area contributed by atoms with Crippen molar-refractivity contribution in [2.45, 2.75) is 13.3 Å². The van der Waals surface area contributed by atoms with Gasteiger partial charge in [-0.3, -0.25) is 0 Å². The van der Waals surface area contributed by atoms with Crippen molar-refractivity contribution in [1.82, 2.24) is 0 Å². The molecule has 0 aliphatic carbocycles. The molecule has 0 aliphatic rings. The van der Waals surface area contributed by atoms with E-state index in [-0.39, 0.29) is 19.2 Å². The fourth-order valence-electron chi connectivity index (χ4n) is 0.897. The topological polar surface area (TPSA) is 72.5 Å². The number of hydrogen-bond donors (Lipinski definition) is 2. The van der Waals surface area contributed by atoms with Crippen molar-refractivity contribution in [2.75, 3.05) is 18.9 Å². The van der Waals surface area contributed by atoms with Gasteiger partial charge in [-0.2, -0.15) is 0 Å². The van der Waals surface area contributed by atoms with Crippen molar-refractivity contribution in [1.29, 1.82) is 0 Å². The molecule has 3 N–H and O–H groups in total. The minimum Gasteiger partial charge on any atom is -0.461 e. The van der Waals surface area contributed by atoms with E-state index in [0.29, 0.717) is 17.0 Å². The van der Waals surface area contributed by atoms with E-state index in [1.165, 1.54) is 11.3 Å². The van der Waals surface area contributed by atoms with Gasteiger partial charge in [0.15, 0.2) is 0 Å². The maximum absolute atomic E-state index is 11.3. The molecule has 4 nitrogen and oxygen atoms in total. The maximum Gasteiger partial charge on any atom is 0.348 e. The van der Waals surface area contributed by atoms with Gasteiger partial charge in [-0.05, 0) is 13.0 Å². The van der Waals surface area contributed by atoms with Gasteiger partial charge in [-0.1, -0.05) is 0 Å². The molecule has 0 fully saturated rings. The Morgan fingerprint density at radius 2 is 2.43 bits per heavy atom. The number of nitrogen functional groups attached to an aromatic ring is 1. The molecule has 1 aromatic rings. The van der Waals surface area contributed by atoms with E-state index in [4.69, 9.17) is 15.6 Å². The number of esters is 1. The number of rotatable bonds is 4. The first-order valence-corrected chi connectivity index (χ1v) is 5.10. The van der Waals surface area contributed by atoms with Crippen LogP contribution in [0.25, 0.3) is 0 Å².